The van der Waals surface area contributed by atoms with Gasteiger partial charge in [0.2, 0.25) is 10.0 Å². The maximum absolute atomic E-state index is 12.5. The van der Waals surface area contributed by atoms with Gasteiger partial charge in [0.25, 0.3) is 0 Å². The van der Waals surface area contributed by atoms with Crippen LogP contribution in [0.15, 0.2) is 64.4 Å². The van der Waals surface area contributed by atoms with Crippen molar-refractivity contribution in [3.63, 3.8) is 0 Å². The van der Waals surface area contributed by atoms with E-state index in [0.29, 0.717) is 5.82 Å². The standard InChI is InChI=1S/C16H15BrN4O2S/c1-12-10-14(5-6-15(12)17)24(22,23)20-11-13-4-2-7-18-16(13)21-9-3-8-19-21/h2-10,20H,11H2,1H3. The summed E-state index contributed by atoms with van der Waals surface area (Å²) in [5.41, 5.74) is 1.59. The topological polar surface area (TPSA) is 76.9 Å². The van der Waals surface area contributed by atoms with E-state index in [2.05, 4.69) is 30.7 Å². The van der Waals surface area contributed by atoms with Gasteiger partial charge in [-0.25, -0.2) is 22.8 Å². The summed E-state index contributed by atoms with van der Waals surface area (Å²) >= 11 is 3.37. The fourth-order valence-electron chi connectivity index (χ4n) is 2.21. The van der Waals surface area contributed by atoms with Crippen molar-refractivity contribution in [2.24, 2.45) is 0 Å². The zero-order valence-corrected chi connectivity index (χ0v) is 15.3. The Morgan fingerprint density at radius 1 is 1.21 bits per heavy atom. The molecule has 0 atom stereocenters. The van der Waals surface area contributed by atoms with Crippen molar-refractivity contribution < 1.29 is 8.42 Å². The molecule has 24 heavy (non-hydrogen) atoms. The molecule has 1 aromatic carbocycles. The zero-order chi connectivity index (χ0) is 17.2. The van der Waals surface area contributed by atoms with Crippen LogP contribution in [0.2, 0.25) is 0 Å². The van der Waals surface area contributed by atoms with Crippen molar-refractivity contribution in [3.05, 3.63) is 70.6 Å². The normalized spacial score (nSPS) is 11.6. The van der Waals surface area contributed by atoms with Crippen LogP contribution in [-0.2, 0) is 16.6 Å². The number of sulfonamides is 1. The highest BCUT2D eigenvalue weighted by Gasteiger charge is 2.16. The van der Waals surface area contributed by atoms with Crippen LogP contribution in [0.25, 0.3) is 5.82 Å². The van der Waals surface area contributed by atoms with E-state index in [0.717, 1.165) is 15.6 Å². The Balaban J connectivity index is 1.84. The molecule has 1 N–H and O–H groups in total. The average molecular weight is 407 g/mol. The molecule has 0 saturated carbocycles. The molecular weight excluding hydrogens is 392 g/mol. The SMILES string of the molecule is Cc1cc(S(=O)(=O)NCc2cccnc2-n2cccn2)ccc1Br. The van der Waals surface area contributed by atoms with Gasteiger partial charge in [0.1, 0.15) is 0 Å². The molecule has 0 unspecified atom stereocenters. The smallest absolute Gasteiger partial charge is 0.237 e. The van der Waals surface area contributed by atoms with Gasteiger partial charge in [-0.3, -0.25) is 0 Å². The largest absolute Gasteiger partial charge is 0.240 e. The number of halogens is 1. The number of aryl methyl sites for hydroxylation is 1. The second-order valence-corrected chi connectivity index (χ2v) is 7.79. The van der Waals surface area contributed by atoms with E-state index in [1.165, 1.54) is 0 Å². The van der Waals surface area contributed by atoms with Gasteiger partial charge in [0.05, 0.1) is 4.90 Å². The molecule has 0 radical (unpaired) electrons. The summed E-state index contributed by atoms with van der Waals surface area (Å²) in [6.07, 6.45) is 5.05. The van der Waals surface area contributed by atoms with Gasteiger partial charge in [-0.05, 0) is 42.8 Å². The average Bonchev–Trinajstić information content (AvgIpc) is 3.10. The maximum atomic E-state index is 12.5. The van der Waals surface area contributed by atoms with Gasteiger partial charge in [-0.1, -0.05) is 22.0 Å². The molecule has 0 spiro atoms. The van der Waals surface area contributed by atoms with Crippen LogP contribution in [0.1, 0.15) is 11.1 Å². The minimum Gasteiger partial charge on any atom is -0.237 e. The van der Waals surface area contributed by atoms with E-state index in [1.54, 1.807) is 53.6 Å². The zero-order valence-electron chi connectivity index (χ0n) is 12.8. The molecule has 2 aromatic heterocycles. The van der Waals surface area contributed by atoms with Crippen molar-refractivity contribution in [3.8, 4) is 5.82 Å². The van der Waals surface area contributed by atoms with Crippen LogP contribution in [0, 0.1) is 6.92 Å². The molecule has 3 rings (SSSR count). The van der Waals surface area contributed by atoms with Crippen LogP contribution in [0.3, 0.4) is 0 Å². The number of pyridine rings is 1. The number of nitrogens with one attached hydrogen (secondary N) is 1. The third kappa shape index (κ3) is 3.55. The summed E-state index contributed by atoms with van der Waals surface area (Å²) in [5.74, 6) is 0.595. The number of benzene rings is 1. The summed E-state index contributed by atoms with van der Waals surface area (Å²) in [6, 6.07) is 10.3. The van der Waals surface area contributed by atoms with E-state index in [1.807, 2.05) is 13.0 Å². The number of hydrogen-bond acceptors (Lipinski definition) is 4. The van der Waals surface area contributed by atoms with E-state index in [9.17, 15) is 8.42 Å². The Kier molecular flexibility index (Phi) is 4.79. The van der Waals surface area contributed by atoms with Crippen LogP contribution in [0.5, 0.6) is 0 Å². The molecule has 0 fully saturated rings. The predicted octanol–water partition coefficient (Wildman–Crippen LogP) is 2.82. The molecule has 2 heterocycles. The molecular formula is C16H15BrN4O2S. The second-order valence-electron chi connectivity index (χ2n) is 5.17. The number of aromatic nitrogens is 3. The second kappa shape index (κ2) is 6.84. The number of nitrogens with zero attached hydrogens (tertiary/aromatic N) is 3. The van der Waals surface area contributed by atoms with Crippen LogP contribution < -0.4 is 4.72 Å². The summed E-state index contributed by atoms with van der Waals surface area (Å²) in [7, 11) is -3.61. The van der Waals surface area contributed by atoms with Gasteiger partial charge < -0.3 is 0 Å². The molecule has 0 saturated heterocycles. The minimum absolute atomic E-state index is 0.125. The van der Waals surface area contributed by atoms with Crippen molar-refractivity contribution in [1.29, 1.82) is 0 Å². The Morgan fingerprint density at radius 2 is 2.04 bits per heavy atom. The highest BCUT2D eigenvalue weighted by molar-refractivity contribution is 9.10. The molecule has 0 aliphatic rings. The summed E-state index contributed by atoms with van der Waals surface area (Å²) in [4.78, 5) is 4.51. The fraction of sp³-hybridized carbons (Fsp3) is 0.125. The summed E-state index contributed by atoms with van der Waals surface area (Å²) < 4.78 is 30.1. The van der Waals surface area contributed by atoms with Crippen LogP contribution >= 0.6 is 15.9 Å². The molecule has 124 valence electrons. The number of rotatable bonds is 5. The first-order valence-corrected chi connectivity index (χ1v) is 9.45. The van der Waals surface area contributed by atoms with Crippen LogP contribution in [0.4, 0.5) is 0 Å². The van der Waals surface area contributed by atoms with Gasteiger partial charge >= 0.3 is 0 Å². The van der Waals surface area contributed by atoms with E-state index in [-0.39, 0.29) is 11.4 Å². The monoisotopic (exact) mass is 406 g/mol. The van der Waals surface area contributed by atoms with E-state index < -0.39 is 10.0 Å². The Labute approximate surface area is 148 Å². The minimum atomic E-state index is -3.61. The Bertz CT molecular complexity index is 956. The fourth-order valence-corrected chi connectivity index (χ4v) is 3.55. The quantitative estimate of drug-likeness (QED) is 0.706. The molecule has 8 heteroatoms. The van der Waals surface area contributed by atoms with Crippen molar-refractivity contribution in [2.45, 2.75) is 18.4 Å². The van der Waals surface area contributed by atoms with E-state index >= 15 is 0 Å². The lowest BCUT2D eigenvalue weighted by Gasteiger charge is -2.11. The molecule has 6 nitrogen and oxygen atoms in total. The molecule has 0 aliphatic heterocycles. The maximum Gasteiger partial charge on any atom is 0.240 e. The number of hydrogen-bond donors (Lipinski definition) is 1. The van der Waals surface area contributed by atoms with Gasteiger partial charge in [-0.2, -0.15) is 5.10 Å². The lowest BCUT2D eigenvalue weighted by molar-refractivity contribution is 0.581. The predicted molar refractivity (Wildman–Crippen MR) is 94.3 cm³/mol. The Morgan fingerprint density at radius 3 is 2.75 bits per heavy atom. The third-order valence-corrected chi connectivity index (χ3v) is 5.77. The van der Waals surface area contributed by atoms with Gasteiger partial charge in [-0.15, -0.1) is 0 Å². The lowest BCUT2D eigenvalue weighted by atomic mass is 10.2. The third-order valence-electron chi connectivity index (χ3n) is 3.48. The van der Waals surface area contributed by atoms with E-state index in [4.69, 9.17) is 0 Å². The Hall–Kier alpha value is -2.03. The highest BCUT2D eigenvalue weighted by Crippen LogP contribution is 2.20. The molecule has 0 aliphatic carbocycles. The first kappa shape index (κ1) is 16.8. The van der Waals surface area contributed by atoms with Crippen molar-refractivity contribution in [2.75, 3.05) is 0 Å². The lowest BCUT2D eigenvalue weighted by Crippen LogP contribution is -2.24. The summed E-state index contributed by atoms with van der Waals surface area (Å²) in [6.45, 7) is 1.97. The van der Waals surface area contributed by atoms with Gasteiger partial charge in [0, 0.05) is 35.2 Å². The molecule has 0 bridgehead atoms. The molecule has 0 amide bonds. The van der Waals surface area contributed by atoms with Crippen molar-refractivity contribution >= 4 is 26.0 Å². The summed E-state index contributed by atoms with van der Waals surface area (Å²) in [5, 5.41) is 4.14. The van der Waals surface area contributed by atoms with Crippen LogP contribution in [-0.4, -0.2) is 23.2 Å². The first-order chi connectivity index (χ1) is 11.5. The first-order valence-electron chi connectivity index (χ1n) is 7.17. The highest BCUT2D eigenvalue weighted by atomic mass is 79.9. The van der Waals surface area contributed by atoms with Crippen molar-refractivity contribution in [1.82, 2.24) is 19.5 Å². The van der Waals surface area contributed by atoms with Gasteiger partial charge in [0.15, 0.2) is 5.82 Å². The molecule has 3 aromatic rings.